The van der Waals surface area contributed by atoms with E-state index in [2.05, 4.69) is 19.9 Å². The number of hydrogen-bond acceptors (Lipinski definition) is 5. The molecule has 0 bridgehead atoms. The number of nitrogens with one attached hydrogen (secondary N) is 2. The number of carbonyl (C=O) groups excluding carboxylic acids is 1. The van der Waals surface area contributed by atoms with Crippen LogP contribution in [0.2, 0.25) is 0 Å². The minimum Gasteiger partial charge on any atom is -0.330 e. The summed E-state index contributed by atoms with van der Waals surface area (Å²) in [5.74, 6) is -0.207. The van der Waals surface area contributed by atoms with Crippen molar-refractivity contribution >= 4 is 21.6 Å². The summed E-state index contributed by atoms with van der Waals surface area (Å²) in [6.45, 7) is 0.589. The molecule has 2 N–H and O–H groups in total. The minimum absolute atomic E-state index is 0.178. The number of H-pyrrole nitrogens is 1. The highest BCUT2D eigenvalue weighted by molar-refractivity contribution is 7.92. The Morgan fingerprint density at radius 1 is 1.17 bits per heavy atom. The molecular formula is C21H23N5O3S. The molecule has 4 rings (SSSR count). The van der Waals surface area contributed by atoms with E-state index in [0.717, 1.165) is 42.3 Å². The van der Waals surface area contributed by atoms with Gasteiger partial charge in [-0.05, 0) is 49.1 Å². The van der Waals surface area contributed by atoms with Crippen LogP contribution in [0.25, 0.3) is 11.1 Å². The highest BCUT2D eigenvalue weighted by Gasteiger charge is 2.32. The van der Waals surface area contributed by atoms with Crippen molar-refractivity contribution in [1.29, 1.82) is 0 Å². The first-order chi connectivity index (χ1) is 14.4. The lowest BCUT2D eigenvalue weighted by atomic mass is 9.94. The van der Waals surface area contributed by atoms with Gasteiger partial charge in [-0.15, -0.1) is 0 Å². The average molecular weight is 426 g/mol. The summed E-state index contributed by atoms with van der Waals surface area (Å²) in [5.41, 5.74) is 3.41. The largest absolute Gasteiger partial charge is 0.330 e. The fraction of sp³-hybridized carbons (Fsp3) is 0.286. The topological polar surface area (TPSA) is 108 Å². The van der Waals surface area contributed by atoms with Gasteiger partial charge in [0.2, 0.25) is 10.0 Å². The maximum Gasteiger partial charge on any atom is 0.256 e. The number of carbonyl (C=O) groups is 1. The van der Waals surface area contributed by atoms with Crippen molar-refractivity contribution in [2.45, 2.75) is 25.3 Å². The molecule has 0 unspecified atom stereocenters. The van der Waals surface area contributed by atoms with Crippen LogP contribution in [0.15, 0.2) is 55.0 Å². The Bertz CT molecular complexity index is 1140. The van der Waals surface area contributed by atoms with Gasteiger partial charge < -0.3 is 4.90 Å². The zero-order chi connectivity index (χ0) is 21.1. The third-order valence-corrected chi connectivity index (χ3v) is 5.80. The molecule has 1 fully saturated rings. The Morgan fingerprint density at radius 3 is 2.70 bits per heavy atom. The molecule has 30 heavy (non-hydrogen) atoms. The number of benzene rings is 1. The van der Waals surface area contributed by atoms with Crippen molar-refractivity contribution in [2.24, 2.45) is 0 Å². The number of aromatic nitrogens is 3. The molecule has 0 saturated carbocycles. The van der Waals surface area contributed by atoms with E-state index in [0.29, 0.717) is 12.1 Å². The number of para-hydroxylation sites is 1. The number of rotatable bonds is 5. The monoisotopic (exact) mass is 425 g/mol. The van der Waals surface area contributed by atoms with Gasteiger partial charge in [0, 0.05) is 24.5 Å². The maximum atomic E-state index is 13.5. The lowest BCUT2D eigenvalue weighted by molar-refractivity contribution is 0.0608. The van der Waals surface area contributed by atoms with Crippen LogP contribution >= 0.6 is 0 Å². The normalized spacial score (nSPS) is 17.0. The molecule has 3 heterocycles. The van der Waals surface area contributed by atoms with Crippen LogP contribution in [0.4, 0.5) is 5.69 Å². The molecule has 1 amide bonds. The molecule has 1 saturated heterocycles. The van der Waals surface area contributed by atoms with Gasteiger partial charge in [0.25, 0.3) is 5.91 Å². The Morgan fingerprint density at radius 2 is 1.93 bits per heavy atom. The molecular weight excluding hydrogens is 402 g/mol. The molecule has 9 heteroatoms. The summed E-state index contributed by atoms with van der Waals surface area (Å²) in [6.07, 6.45) is 8.97. The number of amides is 1. The Hall–Kier alpha value is -3.20. The number of pyridine rings is 1. The first kappa shape index (κ1) is 20.1. The summed E-state index contributed by atoms with van der Waals surface area (Å²) in [7, 11) is -3.51. The average Bonchev–Trinajstić information content (AvgIpc) is 3.23. The predicted molar refractivity (Wildman–Crippen MR) is 114 cm³/mol. The second kappa shape index (κ2) is 8.27. The van der Waals surface area contributed by atoms with E-state index in [9.17, 15) is 13.2 Å². The lowest BCUT2D eigenvalue weighted by Gasteiger charge is -2.36. The smallest absolute Gasteiger partial charge is 0.256 e. The van der Waals surface area contributed by atoms with Crippen LogP contribution in [0.3, 0.4) is 0 Å². The van der Waals surface area contributed by atoms with Crippen LogP contribution in [0.1, 0.15) is 41.4 Å². The third kappa shape index (κ3) is 4.20. The van der Waals surface area contributed by atoms with E-state index in [1.807, 2.05) is 17.0 Å². The molecule has 1 aromatic carbocycles. The molecule has 8 nitrogen and oxygen atoms in total. The van der Waals surface area contributed by atoms with E-state index in [4.69, 9.17) is 0 Å². The Balaban J connectivity index is 1.70. The van der Waals surface area contributed by atoms with Gasteiger partial charge in [0.15, 0.2) is 0 Å². The number of nitrogens with zero attached hydrogens (tertiary/aromatic N) is 3. The molecule has 0 aliphatic carbocycles. The number of hydrogen-bond donors (Lipinski definition) is 2. The SMILES string of the molecule is CS(=O)(=O)Nc1ccccc1C(=O)N1CCCC[C@H]1c1[nH]ncc1-c1ccncc1. The van der Waals surface area contributed by atoms with E-state index >= 15 is 0 Å². The van der Waals surface area contributed by atoms with Gasteiger partial charge in [0.05, 0.1) is 35.4 Å². The van der Waals surface area contributed by atoms with Crippen molar-refractivity contribution in [1.82, 2.24) is 20.1 Å². The fourth-order valence-corrected chi connectivity index (χ4v) is 4.48. The standard InChI is InChI=1S/C21H23N5O3S/c1-30(28,29)25-18-7-3-2-6-16(18)21(27)26-13-5-4-8-19(26)20-17(14-23-24-20)15-9-11-22-12-10-15/h2-3,6-7,9-12,14,19,25H,4-5,8,13H2,1H3,(H,23,24)/t19-/m0/s1. The van der Waals surface area contributed by atoms with Crippen LogP contribution in [0.5, 0.6) is 0 Å². The highest BCUT2D eigenvalue weighted by Crippen LogP contribution is 2.37. The molecule has 2 aromatic heterocycles. The zero-order valence-electron chi connectivity index (χ0n) is 16.6. The van der Waals surface area contributed by atoms with Gasteiger partial charge in [-0.25, -0.2) is 8.42 Å². The minimum atomic E-state index is -3.51. The molecule has 0 radical (unpaired) electrons. The molecule has 1 aliphatic heterocycles. The third-order valence-electron chi connectivity index (χ3n) is 5.21. The first-order valence-electron chi connectivity index (χ1n) is 9.75. The van der Waals surface area contributed by atoms with Gasteiger partial charge in [-0.1, -0.05) is 12.1 Å². The second-order valence-corrected chi connectivity index (χ2v) is 9.11. The molecule has 0 spiro atoms. The molecule has 1 aliphatic rings. The van der Waals surface area contributed by atoms with E-state index in [-0.39, 0.29) is 17.6 Å². The summed E-state index contributed by atoms with van der Waals surface area (Å²) >= 11 is 0. The molecule has 1 atom stereocenters. The second-order valence-electron chi connectivity index (χ2n) is 7.36. The van der Waals surface area contributed by atoms with Crippen LogP contribution in [-0.4, -0.2) is 47.2 Å². The quantitative estimate of drug-likeness (QED) is 0.653. The van der Waals surface area contributed by atoms with E-state index < -0.39 is 10.0 Å². The van der Waals surface area contributed by atoms with Crippen LogP contribution in [-0.2, 0) is 10.0 Å². The highest BCUT2D eigenvalue weighted by atomic mass is 32.2. The Labute approximate surface area is 175 Å². The van der Waals surface area contributed by atoms with Crippen molar-refractivity contribution in [2.75, 3.05) is 17.5 Å². The van der Waals surface area contributed by atoms with Gasteiger partial charge in [-0.2, -0.15) is 5.10 Å². The maximum absolute atomic E-state index is 13.5. The van der Waals surface area contributed by atoms with Crippen LogP contribution < -0.4 is 4.72 Å². The Kier molecular flexibility index (Phi) is 5.54. The predicted octanol–water partition coefficient (Wildman–Crippen LogP) is 3.21. The lowest BCUT2D eigenvalue weighted by Crippen LogP contribution is -2.39. The number of anilines is 1. The zero-order valence-corrected chi connectivity index (χ0v) is 17.4. The number of aromatic amines is 1. The summed E-state index contributed by atoms with van der Waals surface area (Å²) in [6, 6.07) is 10.3. The van der Waals surface area contributed by atoms with Crippen molar-refractivity contribution < 1.29 is 13.2 Å². The number of sulfonamides is 1. The van der Waals surface area contributed by atoms with Crippen molar-refractivity contribution in [3.05, 3.63) is 66.2 Å². The van der Waals surface area contributed by atoms with Gasteiger partial charge in [0.1, 0.15) is 0 Å². The summed E-state index contributed by atoms with van der Waals surface area (Å²) in [5, 5.41) is 7.32. The summed E-state index contributed by atoms with van der Waals surface area (Å²) in [4.78, 5) is 19.4. The van der Waals surface area contributed by atoms with E-state index in [1.165, 1.54) is 0 Å². The molecule has 3 aromatic rings. The van der Waals surface area contributed by atoms with Crippen molar-refractivity contribution in [3.63, 3.8) is 0 Å². The van der Waals surface area contributed by atoms with Crippen molar-refractivity contribution in [3.8, 4) is 11.1 Å². The number of piperidine rings is 1. The van der Waals surface area contributed by atoms with E-state index in [1.54, 1.807) is 42.9 Å². The van der Waals surface area contributed by atoms with Crippen LogP contribution in [0, 0.1) is 0 Å². The first-order valence-corrected chi connectivity index (χ1v) is 11.6. The number of likely N-dealkylation sites (tertiary alicyclic amines) is 1. The van der Waals surface area contributed by atoms with Gasteiger partial charge >= 0.3 is 0 Å². The van der Waals surface area contributed by atoms with Gasteiger partial charge in [-0.3, -0.25) is 19.6 Å². The fourth-order valence-electron chi connectivity index (χ4n) is 3.90. The molecule has 156 valence electrons. The summed E-state index contributed by atoms with van der Waals surface area (Å²) < 4.78 is 26.0.